The van der Waals surface area contributed by atoms with E-state index in [-0.39, 0.29) is 23.2 Å². The highest BCUT2D eigenvalue weighted by atomic mass is 32.1. The van der Waals surface area contributed by atoms with Crippen molar-refractivity contribution in [2.24, 2.45) is 0 Å². The number of hydrogen-bond acceptors (Lipinski definition) is 7. The van der Waals surface area contributed by atoms with E-state index in [1.54, 1.807) is 10.8 Å². The molecule has 0 spiro atoms. The third-order valence-electron chi connectivity index (χ3n) is 3.64. The zero-order chi connectivity index (χ0) is 16.6. The first-order valence-electron chi connectivity index (χ1n) is 7.19. The molecular formula is C16H16N2O4S. The van der Waals surface area contributed by atoms with Crippen molar-refractivity contribution in [1.82, 2.24) is 0 Å². The maximum Gasteiger partial charge on any atom is 0.253 e. The molecule has 0 aliphatic carbocycles. The highest BCUT2D eigenvalue weighted by Crippen LogP contribution is 2.33. The van der Waals surface area contributed by atoms with E-state index in [0.717, 1.165) is 5.76 Å². The SMILES string of the molecule is CC[C@@H](Nc1c(Nc2cscc2O)c(=O)c1=O)c1ccc(C)o1. The van der Waals surface area contributed by atoms with Crippen molar-refractivity contribution in [2.45, 2.75) is 26.3 Å². The van der Waals surface area contributed by atoms with Crippen LogP contribution in [-0.4, -0.2) is 5.11 Å². The number of nitrogens with one attached hydrogen (secondary N) is 2. The highest BCUT2D eigenvalue weighted by Gasteiger charge is 2.25. The maximum atomic E-state index is 11.9. The molecule has 0 amide bonds. The third kappa shape index (κ3) is 2.75. The molecule has 0 bridgehead atoms. The number of aryl methyl sites for hydroxylation is 1. The van der Waals surface area contributed by atoms with Crippen LogP contribution >= 0.6 is 11.3 Å². The highest BCUT2D eigenvalue weighted by molar-refractivity contribution is 7.08. The Hall–Kier alpha value is -2.54. The van der Waals surface area contributed by atoms with Crippen LogP contribution in [0.5, 0.6) is 5.75 Å². The number of hydrogen-bond donors (Lipinski definition) is 3. The third-order valence-corrected chi connectivity index (χ3v) is 4.37. The molecule has 0 unspecified atom stereocenters. The second kappa shape index (κ2) is 5.92. The zero-order valence-corrected chi connectivity index (χ0v) is 13.5. The fourth-order valence-corrected chi connectivity index (χ4v) is 3.00. The number of thiophene rings is 1. The number of aromatic hydroxyl groups is 1. The average molecular weight is 332 g/mol. The van der Waals surface area contributed by atoms with Crippen molar-refractivity contribution in [1.29, 1.82) is 0 Å². The Balaban J connectivity index is 1.86. The van der Waals surface area contributed by atoms with Gasteiger partial charge in [0.1, 0.15) is 28.6 Å². The minimum atomic E-state index is -0.594. The summed E-state index contributed by atoms with van der Waals surface area (Å²) in [5.74, 6) is 1.54. The van der Waals surface area contributed by atoms with Gasteiger partial charge >= 0.3 is 0 Å². The summed E-state index contributed by atoms with van der Waals surface area (Å²) in [5.41, 5.74) is -0.355. The molecule has 6 nitrogen and oxygen atoms in total. The number of furan rings is 1. The van der Waals surface area contributed by atoms with E-state index in [1.807, 2.05) is 26.0 Å². The van der Waals surface area contributed by atoms with Gasteiger partial charge in [-0.3, -0.25) is 9.59 Å². The van der Waals surface area contributed by atoms with Gasteiger partial charge in [0.15, 0.2) is 0 Å². The number of anilines is 3. The predicted octanol–water partition coefficient (Wildman–Crippen LogP) is 3.26. The van der Waals surface area contributed by atoms with Crippen LogP contribution in [0.3, 0.4) is 0 Å². The summed E-state index contributed by atoms with van der Waals surface area (Å²) < 4.78 is 5.59. The molecule has 23 heavy (non-hydrogen) atoms. The molecular weight excluding hydrogens is 316 g/mol. The topological polar surface area (TPSA) is 91.6 Å². The number of rotatable bonds is 6. The lowest BCUT2D eigenvalue weighted by atomic mass is 10.1. The first-order chi connectivity index (χ1) is 11.0. The summed E-state index contributed by atoms with van der Waals surface area (Å²) in [6.07, 6.45) is 0.689. The summed E-state index contributed by atoms with van der Waals surface area (Å²) in [4.78, 5) is 23.7. The molecule has 2 heterocycles. The van der Waals surface area contributed by atoms with Gasteiger partial charge in [-0.2, -0.15) is 0 Å². The van der Waals surface area contributed by atoms with Crippen LogP contribution < -0.4 is 21.5 Å². The van der Waals surface area contributed by atoms with E-state index in [2.05, 4.69) is 10.6 Å². The lowest BCUT2D eigenvalue weighted by molar-refractivity contribution is 0.452. The largest absolute Gasteiger partial charge is 0.505 e. The van der Waals surface area contributed by atoms with Crippen LogP contribution in [0, 0.1) is 6.92 Å². The quantitative estimate of drug-likeness (QED) is 0.600. The molecule has 2 aromatic heterocycles. The van der Waals surface area contributed by atoms with Gasteiger partial charge in [0, 0.05) is 10.8 Å². The second-order valence-electron chi connectivity index (χ2n) is 5.26. The van der Waals surface area contributed by atoms with Gasteiger partial charge in [-0.25, -0.2) is 0 Å². The molecule has 1 aromatic carbocycles. The molecule has 3 N–H and O–H groups in total. The van der Waals surface area contributed by atoms with Crippen LogP contribution in [0.2, 0.25) is 0 Å². The van der Waals surface area contributed by atoms with Crippen molar-refractivity contribution in [2.75, 3.05) is 10.6 Å². The van der Waals surface area contributed by atoms with Crippen molar-refractivity contribution in [3.8, 4) is 5.75 Å². The van der Waals surface area contributed by atoms with Crippen molar-refractivity contribution < 1.29 is 9.52 Å². The summed E-state index contributed by atoms with van der Waals surface area (Å²) in [6.45, 7) is 3.80. The minimum Gasteiger partial charge on any atom is -0.505 e. The zero-order valence-electron chi connectivity index (χ0n) is 12.7. The molecule has 0 fully saturated rings. The van der Waals surface area contributed by atoms with Crippen molar-refractivity contribution in [3.05, 3.63) is 54.9 Å². The fraction of sp³-hybridized carbons (Fsp3) is 0.250. The van der Waals surface area contributed by atoms with E-state index in [9.17, 15) is 14.7 Å². The summed E-state index contributed by atoms with van der Waals surface area (Å²) >= 11 is 1.30. The van der Waals surface area contributed by atoms with E-state index < -0.39 is 10.9 Å². The van der Waals surface area contributed by atoms with E-state index >= 15 is 0 Å². The summed E-state index contributed by atoms with van der Waals surface area (Å²) in [5, 5.41) is 18.8. The van der Waals surface area contributed by atoms with Gasteiger partial charge < -0.3 is 20.2 Å². The molecule has 7 heteroatoms. The lowest BCUT2D eigenvalue weighted by Gasteiger charge is -2.20. The Morgan fingerprint density at radius 3 is 2.52 bits per heavy atom. The molecule has 120 valence electrons. The Morgan fingerprint density at radius 2 is 1.96 bits per heavy atom. The molecule has 0 aliphatic heterocycles. The smallest absolute Gasteiger partial charge is 0.253 e. The van der Waals surface area contributed by atoms with Gasteiger partial charge in [-0.15, -0.1) is 11.3 Å². The molecule has 3 aromatic rings. The Bertz CT molecular complexity index is 902. The Morgan fingerprint density at radius 1 is 1.22 bits per heavy atom. The lowest BCUT2D eigenvalue weighted by Crippen LogP contribution is -2.37. The molecule has 3 rings (SSSR count). The van der Waals surface area contributed by atoms with Gasteiger partial charge in [0.05, 0.1) is 11.7 Å². The first-order valence-corrected chi connectivity index (χ1v) is 8.14. The second-order valence-corrected chi connectivity index (χ2v) is 6.00. The monoisotopic (exact) mass is 332 g/mol. The molecule has 0 aliphatic rings. The van der Waals surface area contributed by atoms with Crippen LogP contribution in [0.1, 0.15) is 30.9 Å². The van der Waals surface area contributed by atoms with Crippen LogP contribution in [-0.2, 0) is 0 Å². The molecule has 0 saturated carbocycles. The van der Waals surface area contributed by atoms with Gasteiger partial charge in [0.2, 0.25) is 0 Å². The first kappa shape index (κ1) is 15.4. The van der Waals surface area contributed by atoms with Crippen LogP contribution in [0.15, 0.2) is 36.9 Å². The van der Waals surface area contributed by atoms with Crippen molar-refractivity contribution in [3.63, 3.8) is 0 Å². The van der Waals surface area contributed by atoms with E-state index in [0.29, 0.717) is 17.9 Å². The van der Waals surface area contributed by atoms with E-state index in [1.165, 1.54) is 11.3 Å². The Kier molecular flexibility index (Phi) is 3.96. The summed E-state index contributed by atoms with van der Waals surface area (Å²) in [7, 11) is 0. The molecule has 0 radical (unpaired) electrons. The van der Waals surface area contributed by atoms with Gasteiger partial charge in [0.25, 0.3) is 10.9 Å². The van der Waals surface area contributed by atoms with Gasteiger partial charge in [-0.05, 0) is 25.5 Å². The van der Waals surface area contributed by atoms with E-state index in [4.69, 9.17) is 4.42 Å². The fourth-order valence-electron chi connectivity index (χ4n) is 2.36. The standard InChI is InChI=1S/C16H16N2O4S/c1-3-9(12-5-4-8(2)22-12)17-13-14(16(21)15(13)20)18-10-6-23-7-11(10)19/h4-7,9,17-19H,3H2,1-2H3/t9-/m1/s1. The normalized spacial score (nSPS) is 12.4. The summed E-state index contributed by atoms with van der Waals surface area (Å²) in [6, 6.07) is 3.49. The molecule has 0 saturated heterocycles. The van der Waals surface area contributed by atoms with Crippen LogP contribution in [0.4, 0.5) is 17.1 Å². The molecule has 1 atom stereocenters. The maximum absolute atomic E-state index is 11.9. The Labute approximate surface area is 136 Å². The average Bonchev–Trinajstić information content (AvgIpc) is 3.15. The minimum absolute atomic E-state index is 0.0442. The van der Waals surface area contributed by atoms with Crippen molar-refractivity contribution >= 4 is 28.4 Å². The van der Waals surface area contributed by atoms with Gasteiger partial charge in [-0.1, -0.05) is 6.92 Å². The van der Waals surface area contributed by atoms with Crippen LogP contribution in [0.25, 0.3) is 0 Å². The predicted molar refractivity (Wildman–Crippen MR) is 90.7 cm³/mol.